The largest absolute Gasteiger partial charge is 0.497 e. The number of hydrogen-bond acceptors (Lipinski definition) is 4. The van der Waals surface area contributed by atoms with Crippen LogP contribution in [-0.4, -0.2) is 30.8 Å². The van der Waals surface area contributed by atoms with Crippen LogP contribution in [-0.2, 0) is 4.79 Å². The molecule has 1 aromatic heterocycles. The fraction of sp³-hybridized carbons (Fsp3) is 0.400. The van der Waals surface area contributed by atoms with Gasteiger partial charge in [0.05, 0.1) is 25.0 Å². The summed E-state index contributed by atoms with van der Waals surface area (Å²) >= 11 is 0. The number of rotatable bonds is 7. The number of benzene rings is 1. The van der Waals surface area contributed by atoms with Gasteiger partial charge in [-0.1, -0.05) is 12.1 Å². The third-order valence-corrected chi connectivity index (χ3v) is 4.61. The molecule has 1 aliphatic carbocycles. The predicted octanol–water partition coefficient (Wildman–Crippen LogP) is 4.01. The SMILES string of the molecule is COc1cccc(C2CC2C(=O)N[C@H](C)c2ccc(OCC(F)(F)F)cn2)c1. The highest BCUT2D eigenvalue weighted by atomic mass is 19.4. The van der Waals surface area contributed by atoms with Gasteiger partial charge in [-0.15, -0.1) is 0 Å². The first-order valence-electron chi connectivity index (χ1n) is 8.86. The number of nitrogens with zero attached hydrogens (tertiary/aromatic N) is 1. The van der Waals surface area contributed by atoms with Crippen LogP contribution in [0.1, 0.15) is 36.6 Å². The van der Waals surface area contributed by atoms with Crippen LogP contribution in [0.5, 0.6) is 11.5 Å². The number of hydrogen-bond donors (Lipinski definition) is 1. The molecule has 0 aliphatic heterocycles. The second-order valence-electron chi connectivity index (χ2n) is 6.78. The first-order valence-corrected chi connectivity index (χ1v) is 8.86. The summed E-state index contributed by atoms with van der Waals surface area (Å²) in [6.45, 7) is 0.410. The van der Waals surface area contributed by atoms with Gasteiger partial charge in [-0.2, -0.15) is 13.2 Å². The number of halogens is 3. The lowest BCUT2D eigenvalue weighted by atomic mass is 10.1. The third-order valence-electron chi connectivity index (χ3n) is 4.61. The van der Waals surface area contributed by atoms with Crippen LogP contribution < -0.4 is 14.8 Å². The number of aromatic nitrogens is 1. The van der Waals surface area contributed by atoms with Crippen LogP contribution in [0.25, 0.3) is 0 Å². The molecular formula is C20H21F3N2O3. The summed E-state index contributed by atoms with van der Waals surface area (Å²) in [5.41, 5.74) is 1.61. The molecule has 150 valence electrons. The van der Waals surface area contributed by atoms with Crippen LogP contribution >= 0.6 is 0 Å². The van der Waals surface area contributed by atoms with E-state index in [1.165, 1.54) is 12.3 Å². The number of amides is 1. The van der Waals surface area contributed by atoms with Crippen LogP contribution in [0.3, 0.4) is 0 Å². The molecule has 1 saturated carbocycles. The minimum absolute atomic E-state index is 0.0277. The van der Waals surface area contributed by atoms with E-state index in [-0.39, 0.29) is 29.5 Å². The Morgan fingerprint density at radius 3 is 2.71 bits per heavy atom. The standard InChI is InChI=1S/C20H21F3N2O3/c1-12(18-7-6-15(10-24-18)28-11-20(21,22)23)25-19(26)17-9-16(17)13-4-3-5-14(8-13)27-2/h3-8,10,12,16-17H,9,11H2,1-2H3,(H,25,26)/t12-,16?,17?/m1/s1. The van der Waals surface area contributed by atoms with Crippen molar-refractivity contribution in [1.29, 1.82) is 0 Å². The zero-order valence-corrected chi connectivity index (χ0v) is 15.5. The maximum atomic E-state index is 12.5. The van der Waals surface area contributed by atoms with Crippen molar-refractivity contribution in [2.24, 2.45) is 5.92 Å². The molecule has 0 radical (unpaired) electrons. The summed E-state index contributed by atoms with van der Waals surface area (Å²) in [6, 6.07) is 10.3. The zero-order valence-electron chi connectivity index (χ0n) is 15.5. The first kappa shape index (κ1) is 20.0. The molecule has 1 aromatic carbocycles. The van der Waals surface area contributed by atoms with Crippen molar-refractivity contribution in [3.63, 3.8) is 0 Å². The third kappa shape index (κ3) is 5.15. The van der Waals surface area contributed by atoms with Gasteiger partial charge >= 0.3 is 6.18 Å². The molecule has 1 heterocycles. The van der Waals surface area contributed by atoms with Crippen molar-refractivity contribution < 1.29 is 27.4 Å². The molecule has 2 aromatic rings. The van der Waals surface area contributed by atoms with Gasteiger partial charge in [0.2, 0.25) is 5.91 Å². The van der Waals surface area contributed by atoms with Gasteiger partial charge in [-0.05, 0) is 49.1 Å². The lowest BCUT2D eigenvalue weighted by Gasteiger charge is -2.14. The molecule has 2 unspecified atom stereocenters. The second-order valence-corrected chi connectivity index (χ2v) is 6.78. The van der Waals surface area contributed by atoms with Gasteiger partial charge in [0.1, 0.15) is 11.5 Å². The van der Waals surface area contributed by atoms with E-state index in [4.69, 9.17) is 4.74 Å². The number of carbonyl (C=O) groups excluding carboxylic acids is 1. The topological polar surface area (TPSA) is 60.5 Å². The van der Waals surface area contributed by atoms with Crippen molar-refractivity contribution in [2.45, 2.75) is 31.5 Å². The van der Waals surface area contributed by atoms with E-state index >= 15 is 0 Å². The highest BCUT2D eigenvalue weighted by molar-refractivity contribution is 5.83. The average molecular weight is 394 g/mol. The number of alkyl halides is 3. The first-order chi connectivity index (χ1) is 13.3. The van der Waals surface area contributed by atoms with E-state index in [1.807, 2.05) is 24.3 Å². The van der Waals surface area contributed by atoms with E-state index in [2.05, 4.69) is 15.0 Å². The van der Waals surface area contributed by atoms with E-state index in [0.717, 1.165) is 17.7 Å². The minimum atomic E-state index is -4.40. The highest BCUT2D eigenvalue weighted by Crippen LogP contribution is 2.48. The molecule has 0 spiro atoms. The molecular weight excluding hydrogens is 373 g/mol. The molecule has 3 atom stereocenters. The van der Waals surface area contributed by atoms with Crippen LogP contribution in [0.2, 0.25) is 0 Å². The molecule has 3 rings (SSSR count). The predicted molar refractivity (Wildman–Crippen MR) is 96.2 cm³/mol. The Bertz CT molecular complexity index is 824. The molecule has 1 amide bonds. The van der Waals surface area contributed by atoms with Crippen molar-refractivity contribution in [3.8, 4) is 11.5 Å². The van der Waals surface area contributed by atoms with E-state index in [0.29, 0.717) is 5.69 Å². The Labute approximate surface area is 160 Å². The quantitative estimate of drug-likeness (QED) is 0.771. The normalized spacial score (nSPS) is 19.6. The lowest BCUT2D eigenvalue weighted by Crippen LogP contribution is -2.29. The number of methoxy groups -OCH3 is 1. The fourth-order valence-electron chi connectivity index (χ4n) is 3.02. The maximum absolute atomic E-state index is 12.5. The summed E-state index contributed by atoms with van der Waals surface area (Å²) in [5, 5.41) is 2.91. The zero-order chi connectivity index (χ0) is 20.3. The summed E-state index contributed by atoms with van der Waals surface area (Å²) in [6.07, 6.45) is -2.41. The van der Waals surface area contributed by atoms with Crippen LogP contribution in [0.15, 0.2) is 42.6 Å². The van der Waals surface area contributed by atoms with Crippen LogP contribution in [0, 0.1) is 5.92 Å². The molecule has 0 saturated heterocycles. The number of nitrogens with one attached hydrogen (secondary N) is 1. The summed E-state index contributed by atoms with van der Waals surface area (Å²) < 4.78 is 46.4. The van der Waals surface area contributed by atoms with Crippen molar-refractivity contribution in [3.05, 3.63) is 53.9 Å². The minimum Gasteiger partial charge on any atom is -0.497 e. The Morgan fingerprint density at radius 2 is 2.07 bits per heavy atom. The molecule has 28 heavy (non-hydrogen) atoms. The Hall–Kier alpha value is -2.77. The van der Waals surface area contributed by atoms with Crippen molar-refractivity contribution in [2.75, 3.05) is 13.7 Å². The van der Waals surface area contributed by atoms with E-state index < -0.39 is 12.8 Å². The van der Waals surface area contributed by atoms with Crippen LogP contribution in [0.4, 0.5) is 13.2 Å². The molecule has 1 N–H and O–H groups in total. The molecule has 1 fully saturated rings. The number of ether oxygens (including phenoxy) is 2. The average Bonchev–Trinajstić information content (AvgIpc) is 3.47. The van der Waals surface area contributed by atoms with Gasteiger partial charge in [-0.3, -0.25) is 9.78 Å². The fourth-order valence-corrected chi connectivity index (χ4v) is 3.02. The summed E-state index contributed by atoms with van der Waals surface area (Å²) in [5.74, 6) is 0.769. The smallest absolute Gasteiger partial charge is 0.422 e. The maximum Gasteiger partial charge on any atom is 0.422 e. The van der Waals surface area contributed by atoms with E-state index in [9.17, 15) is 18.0 Å². The van der Waals surface area contributed by atoms with Gasteiger partial charge in [-0.25, -0.2) is 0 Å². The van der Waals surface area contributed by atoms with Gasteiger partial charge in [0, 0.05) is 5.92 Å². The Balaban J connectivity index is 1.53. The summed E-state index contributed by atoms with van der Waals surface area (Å²) in [4.78, 5) is 16.6. The monoisotopic (exact) mass is 394 g/mol. The van der Waals surface area contributed by atoms with E-state index in [1.54, 1.807) is 20.1 Å². The number of pyridine rings is 1. The molecule has 5 nitrogen and oxygen atoms in total. The Morgan fingerprint density at radius 1 is 1.29 bits per heavy atom. The van der Waals surface area contributed by atoms with Gasteiger partial charge in [0.15, 0.2) is 6.61 Å². The summed E-state index contributed by atoms with van der Waals surface area (Å²) in [7, 11) is 1.60. The highest BCUT2D eigenvalue weighted by Gasteiger charge is 2.44. The van der Waals surface area contributed by atoms with Crippen molar-refractivity contribution >= 4 is 5.91 Å². The molecule has 0 bridgehead atoms. The van der Waals surface area contributed by atoms with Gasteiger partial charge in [0.25, 0.3) is 0 Å². The molecule has 8 heteroatoms. The Kier molecular flexibility index (Phi) is 5.76. The lowest BCUT2D eigenvalue weighted by molar-refractivity contribution is -0.153. The molecule has 1 aliphatic rings. The second kappa shape index (κ2) is 8.08. The number of carbonyl (C=O) groups is 1. The van der Waals surface area contributed by atoms with Crippen molar-refractivity contribution in [1.82, 2.24) is 10.3 Å². The van der Waals surface area contributed by atoms with Gasteiger partial charge < -0.3 is 14.8 Å².